The number of carbonyl (C=O) groups excluding carboxylic acids is 1. The molecule has 0 aliphatic carbocycles. The molecule has 2 aromatic rings. The van der Waals surface area contributed by atoms with Gasteiger partial charge in [-0.15, -0.1) is 0 Å². The van der Waals surface area contributed by atoms with Gasteiger partial charge in [-0.1, -0.05) is 0 Å². The van der Waals surface area contributed by atoms with Gasteiger partial charge < -0.3 is 0 Å². The van der Waals surface area contributed by atoms with Crippen LogP contribution in [0.3, 0.4) is 0 Å². The van der Waals surface area contributed by atoms with Gasteiger partial charge in [0.25, 0.3) is 0 Å². The normalized spacial score (nSPS) is 10.5. The summed E-state index contributed by atoms with van der Waals surface area (Å²) in [5.74, 6) is -1.49. The first kappa shape index (κ1) is 13.8. The molecule has 1 aromatic carbocycles. The fourth-order valence-electron chi connectivity index (χ4n) is 1.72. The van der Waals surface area contributed by atoms with Crippen molar-refractivity contribution in [1.29, 1.82) is 0 Å². The Bertz CT molecular complexity index is 579. The van der Waals surface area contributed by atoms with Gasteiger partial charge in [0.15, 0.2) is 0 Å². The smallest absolute Gasteiger partial charge is 0.143 e. The average molecular weight is 326 g/mol. The molecule has 0 unspecified atom stereocenters. The van der Waals surface area contributed by atoms with Crippen LogP contribution in [0.1, 0.15) is 11.3 Å². The van der Waals surface area contributed by atoms with Crippen LogP contribution in [-0.4, -0.2) is 10.8 Å². The summed E-state index contributed by atoms with van der Waals surface area (Å²) in [7, 11) is 0. The Labute approximate surface area is 117 Å². The lowest BCUT2D eigenvalue weighted by atomic mass is 10.1. The summed E-state index contributed by atoms with van der Waals surface area (Å²) in [5, 5.41) is 0. The van der Waals surface area contributed by atoms with Crippen LogP contribution >= 0.6 is 15.9 Å². The summed E-state index contributed by atoms with van der Waals surface area (Å²) in [6, 6.07) is 6.63. The first-order chi connectivity index (χ1) is 9.02. The largest absolute Gasteiger partial charge is 0.299 e. The van der Waals surface area contributed by atoms with Crippen molar-refractivity contribution in [3.05, 3.63) is 63.9 Å². The molecule has 0 saturated heterocycles. The highest BCUT2D eigenvalue weighted by atomic mass is 79.9. The van der Waals surface area contributed by atoms with Gasteiger partial charge in [0.05, 0.1) is 0 Å². The monoisotopic (exact) mass is 325 g/mol. The molecule has 0 N–H and O–H groups in total. The van der Waals surface area contributed by atoms with Gasteiger partial charge in [0, 0.05) is 35.3 Å². The van der Waals surface area contributed by atoms with E-state index in [9.17, 15) is 13.6 Å². The molecule has 1 aromatic heterocycles. The van der Waals surface area contributed by atoms with Gasteiger partial charge in [0.2, 0.25) is 0 Å². The van der Waals surface area contributed by atoms with E-state index in [1.807, 2.05) is 0 Å². The zero-order chi connectivity index (χ0) is 13.8. The Hall–Kier alpha value is -1.62. The first-order valence-electron chi connectivity index (χ1n) is 5.60. The van der Waals surface area contributed by atoms with E-state index in [4.69, 9.17) is 0 Å². The number of aromatic nitrogens is 1. The van der Waals surface area contributed by atoms with E-state index >= 15 is 0 Å². The molecule has 0 radical (unpaired) electrons. The maximum absolute atomic E-state index is 13.0. The predicted octanol–water partition coefficient (Wildman–Crippen LogP) is 3.48. The predicted molar refractivity (Wildman–Crippen MR) is 70.7 cm³/mol. The molecule has 0 atom stereocenters. The highest BCUT2D eigenvalue weighted by Crippen LogP contribution is 2.11. The second-order valence-corrected chi connectivity index (χ2v) is 5.05. The molecule has 0 spiro atoms. The number of pyridine rings is 1. The van der Waals surface area contributed by atoms with Crippen LogP contribution in [-0.2, 0) is 17.6 Å². The van der Waals surface area contributed by atoms with E-state index in [2.05, 4.69) is 20.9 Å². The Morgan fingerprint density at radius 3 is 2.37 bits per heavy atom. The molecule has 19 heavy (non-hydrogen) atoms. The number of halogens is 3. The fraction of sp³-hybridized carbons (Fsp3) is 0.143. The second-order valence-electron chi connectivity index (χ2n) is 4.14. The van der Waals surface area contributed by atoms with Crippen molar-refractivity contribution in [3.8, 4) is 0 Å². The van der Waals surface area contributed by atoms with Crippen LogP contribution in [0.25, 0.3) is 0 Å². The molecule has 5 heteroatoms. The van der Waals surface area contributed by atoms with Gasteiger partial charge in [0.1, 0.15) is 17.4 Å². The van der Waals surface area contributed by atoms with Crippen LogP contribution in [0.5, 0.6) is 0 Å². The highest BCUT2D eigenvalue weighted by Gasteiger charge is 2.08. The van der Waals surface area contributed by atoms with E-state index in [0.717, 1.165) is 22.7 Å². The molecule has 98 valence electrons. The second kappa shape index (κ2) is 6.02. The molecule has 0 saturated carbocycles. The number of carbonyl (C=O) groups is 1. The van der Waals surface area contributed by atoms with Crippen LogP contribution in [0.2, 0.25) is 0 Å². The van der Waals surface area contributed by atoms with E-state index < -0.39 is 11.6 Å². The van der Waals surface area contributed by atoms with Gasteiger partial charge in [-0.2, -0.15) is 0 Å². The third-order valence-electron chi connectivity index (χ3n) is 2.49. The maximum Gasteiger partial charge on any atom is 0.143 e. The van der Waals surface area contributed by atoms with E-state index in [-0.39, 0.29) is 18.6 Å². The molecule has 0 bridgehead atoms. The number of rotatable bonds is 4. The Kier molecular flexibility index (Phi) is 4.37. The van der Waals surface area contributed by atoms with E-state index in [1.165, 1.54) is 0 Å². The minimum absolute atomic E-state index is 0.00752. The summed E-state index contributed by atoms with van der Waals surface area (Å²) in [5.41, 5.74) is 0.963. The van der Waals surface area contributed by atoms with Crippen molar-refractivity contribution in [1.82, 2.24) is 4.98 Å². The minimum atomic E-state index is -0.676. The Morgan fingerprint density at radius 2 is 1.79 bits per heavy atom. The molecule has 0 amide bonds. The van der Waals surface area contributed by atoms with Gasteiger partial charge in [-0.3, -0.25) is 9.78 Å². The minimum Gasteiger partial charge on any atom is -0.299 e. The van der Waals surface area contributed by atoms with Crippen LogP contribution in [0.4, 0.5) is 8.78 Å². The number of Topliss-reactive ketones (excluding diaryl/α,β-unsaturated/α-hetero) is 1. The summed E-state index contributed by atoms with van der Waals surface area (Å²) >= 11 is 3.25. The number of nitrogens with zero attached hydrogens (tertiary/aromatic N) is 1. The van der Waals surface area contributed by atoms with Crippen LogP contribution in [0.15, 0.2) is 41.0 Å². The van der Waals surface area contributed by atoms with Crippen molar-refractivity contribution in [2.45, 2.75) is 12.8 Å². The van der Waals surface area contributed by atoms with Gasteiger partial charge >= 0.3 is 0 Å². The fourth-order valence-corrected chi connectivity index (χ4v) is 1.95. The van der Waals surface area contributed by atoms with E-state index in [0.29, 0.717) is 11.3 Å². The number of ketones is 1. The standard InChI is InChI=1S/C14H10BrF2NO/c15-10-1-2-13(18-8-10)7-14(19)5-9-3-11(16)6-12(17)4-9/h1-4,6,8H,5,7H2. The van der Waals surface area contributed by atoms with E-state index in [1.54, 1.807) is 18.3 Å². The molecule has 0 fully saturated rings. The molecule has 2 rings (SSSR count). The third-order valence-corrected chi connectivity index (χ3v) is 2.96. The number of hydrogen-bond acceptors (Lipinski definition) is 2. The van der Waals surface area contributed by atoms with Crippen molar-refractivity contribution in [2.75, 3.05) is 0 Å². The number of benzene rings is 1. The van der Waals surface area contributed by atoms with Crippen molar-refractivity contribution < 1.29 is 13.6 Å². The molecule has 0 aliphatic rings. The lowest BCUT2D eigenvalue weighted by Crippen LogP contribution is -2.08. The molecular weight excluding hydrogens is 316 g/mol. The van der Waals surface area contributed by atoms with Crippen LogP contribution < -0.4 is 0 Å². The molecule has 1 heterocycles. The quantitative estimate of drug-likeness (QED) is 0.861. The molecule has 0 aliphatic heterocycles. The Morgan fingerprint density at radius 1 is 1.11 bits per heavy atom. The zero-order valence-corrected chi connectivity index (χ0v) is 11.5. The van der Waals surface area contributed by atoms with Gasteiger partial charge in [-0.05, 0) is 45.8 Å². The highest BCUT2D eigenvalue weighted by molar-refractivity contribution is 9.10. The maximum atomic E-state index is 13.0. The lowest BCUT2D eigenvalue weighted by molar-refractivity contribution is -0.117. The molecular formula is C14H10BrF2NO. The number of hydrogen-bond donors (Lipinski definition) is 0. The summed E-state index contributed by atoms with van der Waals surface area (Å²) in [4.78, 5) is 15.9. The van der Waals surface area contributed by atoms with Gasteiger partial charge in [-0.25, -0.2) is 8.78 Å². The summed E-state index contributed by atoms with van der Waals surface area (Å²) in [6.07, 6.45) is 1.74. The first-order valence-corrected chi connectivity index (χ1v) is 6.39. The lowest BCUT2D eigenvalue weighted by Gasteiger charge is -2.02. The summed E-state index contributed by atoms with van der Waals surface area (Å²) < 4.78 is 26.8. The average Bonchev–Trinajstić information content (AvgIpc) is 2.30. The van der Waals surface area contributed by atoms with Crippen LogP contribution in [0, 0.1) is 11.6 Å². The zero-order valence-electron chi connectivity index (χ0n) is 9.87. The topological polar surface area (TPSA) is 30.0 Å². The van der Waals surface area contributed by atoms with Crippen molar-refractivity contribution in [2.24, 2.45) is 0 Å². The van der Waals surface area contributed by atoms with Crippen molar-refractivity contribution in [3.63, 3.8) is 0 Å². The third kappa shape index (κ3) is 4.21. The summed E-state index contributed by atoms with van der Waals surface area (Å²) in [6.45, 7) is 0. The molecule has 2 nitrogen and oxygen atoms in total. The Balaban J connectivity index is 2.03. The van der Waals surface area contributed by atoms with Crippen molar-refractivity contribution >= 4 is 21.7 Å². The SMILES string of the molecule is O=C(Cc1cc(F)cc(F)c1)Cc1ccc(Br)cn1.